The molecule has 0 aromatic heterocycles. The quantitative estimate of drug-likeness (QED) is 0.721. The fourth-order valence-corrected chi connectivity index (χ4v) is 1.88. The Kier molecular flexibility index (Phi) is 5.25. The van der Waals surface area contributed by atoms with Gasteiger partial charge < -0.3 is 10.6 Å². The molecule has 1 aromatic rings. The van der Waals surface area contributed by atoms with E-state index in [-0.39, 0.29) is 18.1 Å². The maximum Gasteiger partial charge on any atom is 0.238 e. The van der Waals surface area contributed by atoms with Crippen LogP contribution in [-0.2, 0) is 14.8 Å². The average molecular weight is 289 g/mol. The van der Waals surface area contributed by atoms with E-state index in [1.54, 1.807) is 0 Å². The van der Waals surface area contributed by atoms with Gasteiger partial charge in [-0.15, -0.1) is 0 Å². The predicted octanol–water partition coefficient (Wildman–Crippen LogP) is 0.745. The van der Waals surface area contributed by atoms with E-state index in [4.69, 9.17) is 0 Å². The molecule has 0 radical (unpaired) electrons. The van der Waals surface area contributed by atoms with E-state index in [0.717, 1.165) is 12.3 Å². The molecule has 1 amide bonds. The zero-order valence-corrected chi connectivity index (χ0v) is 11.5. The molecule has 0 aliphatic rings. The second-order valence-electron chi connectivity index (χ2n) is 3.90. The number of benzene rings is 1. The number of anilines is 2. The molecule has 0 aliphatic carbocycles. The molecule has 6 nitrogen and oxygen atoms in total. The molecular weight excluding hydrogens is 273 g/mol. The number of halogens is 1. The zero-order valence-electron chi connectivity index (χ0n) is 10.7. The van der Waals surface area contributed by atoms with Gasteiger partial charge in [-0.2, -0.15) is 0 Å². The number of amides is 1. The Morgan fingerprint density at radius 2 is 2.05 bits per heavy atom. The predicted molar refractivity (Wildman–Crippen MR) is 72.0 cm³/mol. The van der Waals surface area contributed by atoms with Crippen molar-refractivity contribution in [3.63, 3.8) is 0 Å². The molecule has 0 heterocycles. The van der Waals surface area contributed by atoms with Crippen LogP contribution in [0.5, 0.6) is 0 Å². The minimum absolute atomic E-state index is 0.128. The van der Waals surface area contributed by atoms with Gasteiger partial charge in [-0.25, -0.2) is 12.8 Å². The van der Waals surface area contributed by atoms with Gasteiger partial charge in [0.15, 0.2) is 0 Å². The largest absolute Gasteiger partial charge is 0.325 e. The van der Waals surface area contributed by atoms with Crippen molar-refractivity contribution in [2.75, 3.05) is 29.4 Å². The number of hydrogen-bond donors (Lipinski definition) is 3. The lowest BCUT2D eigenvalue weighted by atomic mass is 10.2. The van der Waals surface area contributed by atoms with Crippen molar-refractivity contribution in [3.8, 4) is 0 Å². The first-order chi connectivity index (χ1) is 8.81. The van der Waals surface area contributed by atoms with Crippen LogP contribution in [0.1, 0.15) is 6.92 Å². The smallest absolute Gasteiger partial charge is 0.238 e. The number of carbonyl (C=O) groups is 1. The van der Waals surface area contributed by atoms with Gasteiger partial charge in [-0.3, -0.25) is 9.52 Å². The summed E-state index contributed by atoms with van der Waals surface area (Å²) in [6.45, 7) is 2.64. The maximum atomic E-state index is 13.4. The highest BCUT2D eigenvalue weighted by Gasteiger charge is 2.09. The van der Waals surface area contributed by atoms with Gasteiger partial charge in [0.05, 0.1) is 18.5 Å². The average Bonchev–Trinajstić information content (AvgIpc) is 2.29. The Bertz CT molecular complexity index is 560. The fraction of sp³-hybridized carbons (Fsp3) is 0.364. The molecule has 8 heteroatoms. The van der Waals surface area contributed by atoms with Gasteiger partial charge in [0.25, 0.3) is 0 Å². The molecule has 0 saturated heterocycles. The summed E-state index contributed by atoms with van der Waals surface area (Å²) in [5.74, 6) is -1.01. The number of rotatable bonds is 6. The summed E-state index contributed by atoms with van der Waals surface area (Å²) in [6.07, 6.45) is 0.920. The topological polar surface area (TPSA) is 87.3 Å². The Hall–Kier alpha value is -1.67. The summed E-state index contributed by atoms with van der Waals surface area (Å²) in [7, 11) is -3.57. The second-order valence-corrected chi connectivity index (χ2v) is 5.65. The summed E-state index contributed by atoms with van der Waals surface area (Å²) < 4.78 is 37.5. The van der Waals surface area contributed by atoms with E-state index in [1.807, 2.05) is 11.6 Å². The summed E-state index contributed by atoms with van der Waals surface area (Å²) in [6, 6.07) is 3.66. The van der Waals surface area contributed by atoms with Crippen molar-refractivity contribution in [1.29, 1.82) is 0 Å². The van der Waals surface area contributed by atoms with Crippen molar-refractivity contribution in [3.05, 3.63) is 24.0 Å². The summed E-state index contributed by atoms with van der Waals surface area (Å²) in [5.41, 5.74) is 0.110. The van der Waals surface area contributed by atoms with Crippen molar-refractivity contribution in [1.82, 2.24) is 5.32 Å². The van der Waals surface area contributed by atoms with Crippen LogP contribution in [0, 0.1) is 5.82 Å². The minimum Gasteiger partial charge on any atom is -0.325 e. The molecule has 1 rings (SSSR count). The molecule has 0 fully saturated rings. The first kappa shape index (κ1) is 15.4. The molecule has 0 aliphatic heterocycles. The molecular formula is C11H16FN3O3S. The van der Waals surface area contributed by atoms with Crippen LogP contribution >= 0.6 is 0 Å². The third kappa shape index (κ3) is 5.66. The Morgan fingerprint density at radius 3 is 2.63 bits per heavy atom. The second kappa shape index (κ2) is 6.48. The van der Waals surface area contributed by atoms with Crippen molar-refractivity contribution in [2.24, 2.45) is 0 Å². The first-order valence-electron chi connectivity index (χ1n) is 5.59. The standard InChI is InChI=1S/C11H16FN3O3S/c1-3-13-7-11(16)14-8-4-5-9(12)10(6-8)15-19(2,17)18/h4-6,13,15H,3,7H2,1-2H3,(H,14,16). The van der Waals surface area contributed by atoms with E-state index in [0.29, 0.717) is 12.2 Å². The van der Waals surface area contributed by atoms with E-state index >= 15 is 0 Å². The lowest BCUT2D eigenvalue weighted by Crippen LogP contribution is -2.27. The fourth-order valence-electron chi connectivity index (χ4n) is 1.32. The molecule has 0 bridgehead atoms. The van der Waals surface area contributed by atoms with Gasteiger partial charge in [0.2, 0.25) is 15.9 Å². The van der Waals surface area contributed by atoms with Gasteiger partial charge in [-0.1, -0.05) is 6.92 Å². The number of sulfonamides is 1. The molecule has 3 N–H and O–H groups in total. The van der Waals surface area contributed by atoms with Crippen LogP contribution in [-0.4, -0.2) is 33.7 Å². The van der Waals surface area contributed by atoms with Crippen molar-refractivity contribution >= 4 is 27.3 Å². The van der Waals surface area contributed by atoms with Crippen molar-refractivity contribution < 1.29 is 17.6 Å². The van der Waals surface area contributed by atoms with E-state index in [2.05, 4.69) is 10.6 Å². The third-order valence-electron chi connectivity index (χ3n) is 2.08. The zero-order chi connectivity index (χ0) is 14.5. The maximum absolute atomic E-state index is 13.4. The molecule has 19 heavy (non-hydrogen) atoms. The number of carbonyl (C=O) groups excluding carboxylic acids is 1. The lowest BCUT2D eigenvalue weighted by molar-refractivity contribution is -0.115. The number of likely N-dealkylation sites (N-methyl/N-ethyl adjacent to an activating group) is 1. The molecule has 106 valence electrons. The molecule has 0 atom stereocenters. The van der Waals surface area contributed by atoms with Gasteiger partial charge in [0.1, 0.15) is 5.82 Å². The normalized spacial score (nSPS) is 11.1. The Labute approximate surface area is 111 Å². The monoisotopic (exact) mass is 289 g/mol. The van der Waals surface area contributed by atoms with Crippen molar-refractivity contribution in [2.45, 2.75) is 6.92 Å². The molecule has 0 saturated carbocycles. The van der Waals surface area contributed by atoms with Crippen LogP contribution in [0.25, 0.3) is 0 Å². The van der Waals surface area contributed by atoms with E-state index in [1.165, 1.54) is 12.1 Å². The summed E-state index contributed by atoms with van der Waals surface area (Å²) in [5, 5.41) is 5.36. The lowest BCUT2D eigenvalue weighted by Gasteiger charge is -2.09. The van der Waals surface area contributed by atoms with Gasteiger partial charge in [-0.05, 0) is 24.7 Å². The highest BCUT2D eigenvalue weighted by Crippen LogP contribution is 2.20. The number of hydrogen-bond acceptors (Lipinski definition) is 4. The highest BCUT2D eigenvalue weighted by molar-refractivity contribution is 7.92. The van der Waals surface area contributed by atoms with Gasteiger partial charge >= 0.3 is 0 Å². The van der Waals surface area contributed by atoms with Crippen LogP contribution in [0.15, 0.2) is 18.2 Å². The van der Waals surface area contributed by atoms with Crippen LogP contribution in [0.2, 0.25) is 0 Å². The SMILES string of the molecule is CCNCC(=O)Nc1ccc(F)c(NS(C)(=O)=O)c1. The summed E-state index contributed by atoms with van der Waals surface area (Å²) >= 11 is 0. The van der Waals surface area contributed by atoms with E-state index < -0.39 is 15.8 Å². The van der Waals surface area contributed by atoms with Crippen LogP contribution < -0.4 is 15.4 Å². The third-order valence-corrected chi connectivity index (χ3v) is 2.67. The molecule has 1 aromatic carbocycles. The van der Waals surface area contributed by atoms with Crippen LogP contribution in [0.3, 0.4) is 0 Å². The molecule has 0 spiro atoms. The minimum atomic E-state index is -3.57. The van der Waals surface area contributed by atoms with Crippen LogP contribution in [0.4, 0.5) is 15.8 Å². The molecule has 0 unspecified atom stereocenters. The van der Waals surface area contributed by atoms with Gasteiger partial charge in [0, 0.05) is 5.69 Å². The Morgan fingerprint density at radius 1 is 1.37 bits per heavy atom. The summed E-state index contributed by atoms with van der Waals surface area (Å²) in [4.78, 5) is 11.4. The van der Waals surface area contributed by atoms with E-state index in [9.17, 15) is 17.6 Å². The number of nitrogens with one attached hydrogen (secondary N) is 3. The Balaban J connectivity index is 2.81. The first-order valence-corrected chi connectivity index (χ1v) is 7.49. The highest BCUT2D eigenvalue weighted by atomic mass is 32.2.